The molecule has 0 aromatic rings. The van der Waals surface area contributed by atoms with Gasteiger partial charge in [0.25, 0.3) is 0 Å². The zero-order chi connectivity index (χ0) is 14.4. The molecule has 1 rings (SSSR count). The van der Waals surface area contributed by atoms with Crippen molar-refractivity contribution < 1.29 is 37.8 Å². The minimum Gasteiger partial charge on any atom is -0.351 e. The Balaban J connectivity index is 0.000000321. The van der Waals surface area contributed by atoms with Crippen LogP contribution in [0.1, 0.15) is 0 Å². The van der Waals surface area contributed by atoms with Gasteiger partial charge in [-0.05, 0) is 0 Å². The summed E-state index contributed by atoms with van der Waals surface area (Å²) in [4.78, 5) is 43.1. The summed E-state index contributed by atoms with van der Waals surface area (Å²) >= 11 is 0. The number of piperazine rings is 1. The number of nitrogens with one attached hydrogen (secondary N) is 1. The van der Waals surface area contributed by atoms with Crippen molar-refractivity contribution in [3.63, 3.8) is 0 Å². The number of hydrogen-bond donors (Lipinski definition) is 6. The van der Waals surface area contributed by atoms with Crippen LogP contribution in [0.2, 0.25) is 0 Å². The van der Waals surface area contributed by atoms with Gasteiger partial charge in [-0.3, -0.25) is 0 Å². The lowest BCUT2D eigenvalue weighted by Gasteiger charge is -2.25. The summed E-state index contributed by atoms with van der Waals surface area (Å²) < 4.78 is 22.2. The van der Waals surface area contributed by atoms with Crippen molar-refractivity contribution in [2.45, 2.75) is 0 Å². The van der Waals surface area contributed by atoms with Gasteiger partial charge in [0, 0.05) is 26.2 Å². The zero-order valence-electron chi connectivity index (χ0n) is 9.17. The van der Waals surface area contributed by atoms with E-state index in [1.54, 1.807) is 4.90 Å². The third-order valence-electron chi connectivity index (χ3n) is 1.64. The topological polar surface area (TPSA) is 183 Å². The fourth-order valence-corrected chi connectivity index (χ4v) is 2.13. The first-order valence-corrected chi connectivity index (χ1v) is 7.65. The van der Waals surface area contributed by atoms with E-state index in [0.29, 0.717) is 0 Å². The molecule has 108 valence electrons. The number of carbonyl (C=O) groups is 1. The molecule has 1 aliphatic heterocycles. The standard InChI is InChI=1S/C5H11N3O.H4O7P2/c6-5(9)8-3-1-7-2-4-8;1-8(2,3)7-9(4,5)6/h7H,1-4H2,(H2,6,9);(H2,1,2,3)(H2,4,5,6). The van der Waals surface area contributed by atoms with Gasteiger partial charge in [-0.25, -0.2) is 13.9 Å². The lowest BCUT2D eigenvalue weighted by Crippen LogP contribution is -2.48. The predicted molar refractivity (Wildman–Crippen MR) is 59.2 cm³/mol. The molecule has 1 aliphatic rings. The van der Waals surface area contributed by atoms with Crippen LogP contribution in [0.25, 0.3) is 0 Å². The summed E-state index contributed by atoms with van der Waals surface area (Å²) in [5, 5.41) is 3.12. The summed E-state index contributed by atoms with van der Waals surface area (Å²) in [6.45, 7) is 3.22. The van der Waals surface area contributed by atoms with Gasteiger partial charge >= 0.3 is 21.7 Å². The largest absolute Gasteiger partial charge is 0.478 e. The normalized spacial score (nSPS) is 16.8. The van der Waals surface area contributed by atoms with Gasteiger partial charge in [0.15, 0.2) is 0 Å². The van der Waals surface area contributed by atoms with Crippen LogP contribution in [-0.2, 0) is 13.4 Å². The number of hydrogen-bond acceptors (Lipinski definition) is 5. The second kappa shape index (κ2) is 7.17. The number of phosphoric acid groups is 2. The highest BCUT2D eigenvalue weighted by Gasteiger charge is 2.27. The van der Waals surface area contributed by atoms with Crippen molar-refractivity contribution in [2.75, 3.05) is 26.2 Å². The number of amides is 2. The van der Waals surface area contributed by atoms with Crippen molar-refractivity contribution in [1.82, 2.24) is 10.2 Å². The summed E-state index contributed by atoms with van der Waals surface area (Å²) in [5.41, 5.74) is 5.03. The lowest BCUT2D eigenvalue weighted by molar-refractivity contribution is 0.199. The molecular formula is C5H15N3O8P2. The summed E-state index contributed by atoms with van der Waals surface area (Å²) in [5.74, 6) is 0. The van der Waals surface area contributed by atoms with Crippen LogP contribution < -0.4 is 11.1 Å². The fraction of sp³-hybridized carbons (Fsp3) is 0.800. The van der Waals surface area contributed by atoms with E-state index in [4.69, 9.17) is 25.3 Å². The van der Waals surface area contributed by atoms with Crippen molar-refractivity contribution in [1.29, 1.82) is 0 Å². The summed E-state index contributed by atoms with van der Waals surface area (Å²) in [6.07, 6.45) is 0. The van der Waals surface area contributed by atoms with E-state index in [9.17, 15) is 13.9 Å². The minimum atomic E-state index is -5.05. The fourth-order valence-electron chi connectivity index (χ4n) is 1.02. The maximum Gasteiger partial charge on any atom is 0.478 e. The third kappa shape index (κ3) is 10.6. The monoisotopic (exact) mass is 307 g/mol. The highest BCUT2D eigenvalue weighted by molar-refractivity contribution is 7.60. The SMILES string of the molecule is NC(=O)N1CCNCC1.O=P(O)(O)OP(=O)(O)O. The Hall–Kier alpha value is -0.510. The van der Waals surface area contributed by atoms with E-state index >= 15 is 0 Å². The molecule has 0 aromatic heterocycles. The molecule has 0 spiro atoms. The smallest absolute Gasteiger partial charge is 0.351 e. The molecule has 11 nitrogen and oxygen atoms in total. The second-order valence-corrected chi connectivity index (χ2v) is 5.75. The van der Waals surface area contributed by atoms with Gasteiger partial charge in [-0.15, -0.1) is 0 Å². The molecule has 0 bridgehead atoms. The molecule has 18 heavy (non-hydrogen) atoms. The second-order valence-electron chi connectivity index (χ2n) is 3.14. The molecule has 0 saturated carbocycles. The molecule has 0 atom stereocenters. The Bertz CT molecular complexity index is 338. The van der Waals surface area contributed by atoms with Gasteiger partial charge < -0.3 is 35.5 Å². The molecule has 1 fully saturated rings. The van der Waals surface area contributed by atoms with E-state index in [0.717, 1.165) is 26.2 Å². The van der Waals surface area contributed by atoms with Gasteiger partial charge in [0.1, 0.15) is 0 Å². The molecule has 0 unspecified atom stereocenters. The van der Waals surface area contributed by atoms with E-state index in [1.807, 2.05) is 0 Å². The first kappa shape index (κ1) is 17.5. The van der Waals surface area contributed by atoms with Crippen LogP contribution in [0, 0.1) is 0 Å². The Labute approximate surface area is 102 Å². The molecule has 0 aromatic carbocycles. The van der Waals surface area contributed by atoms with E-state index in [2.05, 4.69) is 9.63 Å². The molecule has 2 amide bonds. The molecule has 13 heteroatoms. The summed E-state index contributed by atoms with van der Waals surface area (Å²) in [6, 6.07) is -0.309. The van der Waals surface area contributed by atoms with Crippen LogP contribution >= 0.6 is 15.6 Å². The molecule has 1 heterocycles. The van der Waals surface area contributed by atoms with Gasteiger partial charge in [0.05, 0.1) is 0 Å². The van der Waals surface area contributed by atoms with Crippen LogP contribution in [0.5, 0.6) is 0 Å². The van der Waals surface area contributed by atoms with E-state index in [-0.39, 0.29) is 6.03 Å². The number of urea groups is 1. The first-order valence-electron chi connectivity index (χ1n) is 4.59. The number of rotatable bonds is 2. The van der Waals surface area contributed by atoms with Crippen LogP contribution in [0.15, 0.2) is 0 Å². The van der Waals surface area contributed by atoms with Crippen molar-refractivity contribution in [2.24, 2.45) is 5.73 Å². The molecule has 1 saturated heterocycles. The van der Waals surface area contributed by atoms with Crippen molar-refractivity contribution in [3.05, 3.63) is 0 Å². The average Bonchev–Trinajstić information content (AvgIpc) is 2.14. The van der Waals surface area contributed by atoms with E-state index in [1.165, 1.54) is 0 Å². The number of nitrogens with two attached hydrogens (primary N) is 1. The number of nitrogens with zero attached hydrogens (tertiary/aromatic N) is 1. The lowest BCUT2D eigenvalue weighted by atomic mass is 10.4. The van der Waals surface area contributed by atoms with Crippen LogP contribution in [0.4, 0.5) is 4.79 Å². The van der Waals surface area contributed by atoms with Crippen molar-refractivity contribution >= 4 is 21.7 Å². The first-order chi connectivity index (χ1) is 8.01. The molecule has 0 aliphatic carbocycles. The predicted octanol–water partition coefficient (Wildman–Crippen LogP) is -1.84. The van der Waals surface area contributed by atoms with Crippen molar-refractivity contribution in [3.8, 4) is 0 Å². The minimum absolute atomic E-state index is 0.309. The van der Waals surface area contributed by atoms with Gasteiger partial charge in [-0.1, -0.05) is 0 Å². The average molecular weight is 307 g/mol. The summed E-state index contributed by atoms with van der Waals surface area (Å²) in [7, 11) is -10.1. The Morgan fingerprint density at radius 2 is 1.50 bits per heavy atom. The zero-order valence-corrected chi connectivity index (χ0v) is 11.0. The van der Waals surface area contributed by atoms with Crippen LogP contribution in [0.3, 0.4) is 0 Å². The highest BCUT2D eigenvalue weighted by atomic mass is 31.3. The number of primary amides is 1. The number of carbonyl (C=O) groups excluding carboxylic acids is 1. The quantitative estimate of drug-likeness (QED) is 0.319. The van der Waals surface area contributed by atoms with E-state index < -0.39 is 15.6 Å². The van der Waals surface area contributed by atoms with Gasteiger partial charge in [0.2, 0.25) is 0 Å². The molecule has 7 N–H and O–H groups in total. The maximum atomic E-state index is 10.5. The third-order valence-corrected chi connectivity index (χ3v) is 3.34. The highest BCUT2D eigenvalue weighted by Crippen LogP contribution is 2.53. The Morgan fingerprint density at radius 1 is 1.11 bits per heavy atom. The molecular weight excluding hydrogens is 292 g/mol. The van der Waals surface area contributed by atoms with Crippen LogP contribution in [-0.4, -0.2) is 56.7 Å². The maximum absolute atomic E-state index is 10.5. The van der Waals surface area contributed by atoms with Gasteiger partial charge in [-0.2, -0.15) is 4.31 Å². The Kier molecular flexibility index (Phi) is 6.97. The molecule has 0 radical (unpaired) electrons. The Morgan fingerprint density at radius 3 is 1.67 bits per heavy atom.